The summed E-state index contributed by atoms with van der Waals surface area (Å²) in [4.78, 5) is 14.0. The van der Waals surface area contributed by atoms with Crippen molar-refractivity contribution in [1.29, 1.82) is 0 Å². The molecule has 84 valence electrons. The Morgan fingerprint density at radius 3 is 2.94 bits per heavy atom. The van der Waals surface area contributed by atoms with Crippen LogP contribution < -0.4 is 4.90 Å². The highest BCUT2D eigenvalue weighted by Gasteiger charge is 2.54. The Morgan fingerprint density at radius 2 is 2.25 bits per heavy atom. The van der Waals surface area contributed by atoms with Gasteiger partial charge in [-0.3, -0.25) is 4.79 Å². The molecule has 16 heavy (non-hydrogen) atoms. The zero-order valence-electron chi connectivity index (χ0n) is 8.94. The summed E-state index contributed by atoms with van der Waals surface area (Å²) in [6, 6.07) is 7.91. The third-order valence-electron chi connectivity index (χ3n) is 3.37. The van der Waals surface area contributed by atoms with E-state index in [1.54, 1.807) is 4.90 Å². The Labute approximate surface area is 108 Å². The Morgan fingerprint density at radius 1 is 1.50 bits per heavy atom. The number of amides is 1. The second kappa shape index (κ2) is 3.43. The molecule has 2 heterocycles. The van der Waals surface area contributed by atoms with E-state index in [2.05, 4.69) is 22.6 Å². The topological polar surface area (TPSA) is 29.5 Å². The van der Waals surface area contributed by atoms with E-state index in [-0.39, 0.29) is 5.91 Å². The lowest BCUT2D eigenvalue weighted by molar-refractivity contribution is -0.137. The van der Waals surface area contributed by atoms with Crippen LogP contribution in [0.1, 0.15) is 12.0 Å². The average Bonchev–Trinajstić information content (AvgIpc) is 2.78. The van der Waals surface area contributed by atoms with E-state index < -0.39 is 5.60 Å². The molecule has 1 spiro atoms. The van der Waals surface area contributed by atoms with Gasteiger partial charge in [-0.1, -0.05) is 40.8 Å². The minimum atomic E-state index is -0.697. The van der Waals surface area contributed by atoms with Crippen molar-refractivity contribution in [2.24, 2.45) is 0 Å². The van der Waals surface area contributed by atoms with Crippen molar-refractivity contribution in [3.63, 3.8) is 0 Å². The van der Waals surface area contributed by atoms with Crippen LogP contribution in [-0.2, 0) is 15.1 Å². The van der Waals surface area contributed by atoms with Gasteiger partial charge < -0.3 is 9.64 Å². The van der Waals surface area contributed by atoms with Gasteiger partial charge in [0.2, 0.25) is 0 Å². The lowest BCUT2D eigenvalue weighted by atomic mass is 9.92. The van der Waals surface area contributed by atoms with Crippen molar-refractivity contribution >= 4 is 34.2 Å². The van der Waals surface area contributed by atoms with Crippen LogP contribution in [0.2, 0.25) is 0 Å². The number of benzene rings is 1. The molecule has 3 rings (SSSR count). The number of likely N-dealkylation sites (N-methyl/N-ethyl adjacent to an activating group) is 1. The summed E-state index contributed by atoms with van der Waals surface area (Å²) in [6.45, 7) is 0.661. The van der Waals surface area contributed by atoms with Crippen LogP contribution in [0, 0.1) is 0 Å². The number of hydrogen-bond acceptors (Lipinski definition) is 2. The molecule has 2 aliphatic heterocycles. The van der Waals surface area contributed by atoms with Gasteiger partial charge in [0, 0.05) is 23.0 Å². The zero-order valence-corrected chi connectivity index (χ0v) is 11.1. The van der Waals surface area contributed by atoms with Crippen LogP contribution in [0.3, 0.4) is 0 Å². The second-order valence-electron chi connectivity index (χ2n) is 4.32. The zero-order chi connectivity index (χ0) is 11.3. The minimum Gasteiger partial charge on any atom is -0.359 e. The van der Waals surface area contributed by atoms with Gasteiger partial charge in [0.25, 0.3) is 5.91 Å². The molecule has 2 aliphatic rings. The summed E-state index contributed by atoms with van der Waals surface area (Å²) >= 11 is 2.35. The maximum absolute atomic E-state index is 12.3. The first-order chi connectivity index (χ1) is 7.65. The number of hydrogen-bond donors (Lipinski definition) is 0. The fraction of sp³-hybridized carbons (Fsp3) is 0.417. The highest BCUT2D eigenvalue weighted by molar-refractivity contribution is 14.1. The molecular formula is C12H12INO2. The third kappa shape index (κ3) is 1.20. The lowest BCUT2D eigenvalue weighted by Gasteiger charge is -2.21. The predicted octanol–water partition coefficient (Wildman–Crippen LogP) is 2.08. The summed E-state index contributed by atoms with van der Waals surface area (Å²) in [7, 11) is 1.82. The lowest BCUT2D eigenvalue weighted by Crippen LogP contribution is -2.38. The number of nitrogens with zero attached hydrogens (tertiary/aromatic N) is 1. The monoisotopic (exact) mass is 329 g/mol. The normalized spacial score (nSPS) is 32.5. The molecule has 3 nitrogen and oxygen atoms in total. The van der Waals surface area contributed by atoms with Gasteiger partial charge in [-0.2, -0.15) is 0 Å². The maximum Gasteiger partial charge on any atom is 0.263 e. The van der Waals surface area contributed by atoms with E-state index >= 15 is 0 Å². The van der Waals surface area contributed by atoms with E-state index in [0.717, 1.165) is 17.7 Å². The van der Waals surface area contributed by atoms with Crippen LogP contribution in [0.15, 0.2) is 24.3 Å². The predicted molar refractivity (Wildman–Crippen MR) is 69.9 cm³/mol. The maximum atomic E-state index is 12.3. The van der Waals surface area contributed by atoms with Crippen molar-refractivity contribution < 1.29 is 9.53 Å². The molecule has 1 amide bonds. The number of rotatable bonds is 0. The number of carbonyl (C=O) groups is 1. The standard InChI is InChI=1S/C12H12INO2/c1-14-10-5-3-2-4-9(10)12(11(14)15)6-8(13)7-16-12/h2-5,8H,6-7H2,1H3/t8-,12+/m0/s1. The van der Waals surface area contributed by atoms with Gasteiger partial charge in [-0.25, -0.2) is 0 Å². The highest BCUT2D eigenvalue weighted by Crippen LogP contribution is 2.48. The van der Waals surface area contributed by atoms with Gasteiger partial charge in [0.1, 0.15) is 0 Å². The summed E-state index contributed by atoms with van der Waals surface area (Å²) in [6.07, 6.45) is 0.785. The van der Waals surface area contributed by atoms with E-state index in [0.29, 0.717) is 10.5 Å². The largest absolute Gasteiger partial charge is 0.359 e. The van der Waals surface area contributed by atoms with E-state index in [1.165, 1.54) is 0 Å². The third-order valence-corrected chi connectivity index (χ3v) is 4.17. The van der Waals surface area contributed by atoms with Crippen molar-refractivity contribution in [1.82, 2.24) is 0 Å². The number of fused-ring (bicyclic) bond motifs is 2. The van der Waals surface area contributed by atoms with Gasteiger partial charge in [-0.15, -0.1) is 0 Å². The summed E-state index contributed by atoms with van der Waals surface area (Å²) < 4.78 is 6.24. The first-order valence-corrected chi connectivity index (χ1v) is 6.55. The Kier molecular flexibility index (Phi) is 2.26. The van der Waals surface area contributed by atoms with Crippen LogP contribution in [0.25, 0.3) is 0 Å². The molecule has 4 heteroatoms. The van der Waals surface area contributed by atoms with Crippen molar-refractivity contribution in [2.75, 3.05) is 18.6 Å². The summed E-state index contributed by atoms with van der Waals surface area (Å²) in [5.41, 5.74) is 1.32. The average molecular weight is 329 g/mol. The molecule has 1 fully saturated rings. The van der Waals surface area contributed by atoms with E-state index in [1.807, 2.05) is 31.3 Å². The highest BCUT2D eigenvalue weighted by atomic mass is 127. The number of para-hydroxylation sites is 1. The number of halogens is 1. The molecule has 0 aliphatic carbocycles. The molecule has 0 radical (unpaired) electrons. The Bertz CT molecular complexity index is 462. The molecule has 0 aromatic heterocycles. The van der Waals surface area contributed by atoms with Gasteiger partial charge in [-0.05, 0) is 6.07 Å². The molecule has 0 unspecified atom stereocenters. The Balaban J connectivity index is 2.17. The van der Waals surface area contributed by atoms with E-state index in [4.69, 9.17) is 4.74 Å². The van der Waals surface area contributed by atoms with Crippen LogP contribution in [0.4, 0.5) is 5.69 Å². The first-order valence-electron chi connectivity index (χ1n) is 5.31. The SMILES string of the molecule is CN1C(=O)[C@@]2(C[C@H](I)CO2)c2ccccc21. The van der Waals surface area contributed by atoms with Crippen molar-refractivity contribution in [3.8, 4) is 0 Å². The van der Waals surface area contributed by atoms with Crippen molar-refractivity contribution in [2.45, 2.75) is 15.9 Å². The molecule has 1 saturated heterocycles. The van der Waals surface area contributed by atoms with Gasteiger partial charge >= 0.3 is 0 Å². The molecule has 1 aromatic rings. The second-order valence-corrected chi connectivity index (χ2v) is 6.08. The summed E-state index contributed by atoms with van der Waals surface area (Å²) in [5.74, 6) is 0.0767. The minimum absolute atomic E-state index is 0.0767. The fourth-order valence-electron chi connectivity index (χ4n) is 2.60. The van der Waals surface area contributed by atoms with Gasteiger partial charge in [0.15, 0.2) is 5.60 Å². The quantitative estimate of drug-likeness (QED) is 0.539. The number of alkyl halides is 1. The first kappa shape index (κ1) is 10.5. The van der Waals surface area contributed by atoms with Gasteiger partial charge in [0.05, 0.1) is 12.3 Å². The number of anilines is 1. The van der Waals surface area contributed by atoms with Crippen LogP contribution in [-0.4, -0.2) is 23.5 Å². The smallest absolute Gasteiger partial charge is 0.263 e. The molecule has 0 saturated carbocycles. The number of carbonyl (C=O) groups excluding carboxylic acids is 1. The molecule has 1 aromatic carbocycles. The molecule has 0 N–H and O–H groups in total. The molecule has 0 bridgehead atoms. The molecular weight excluding hydrogens is 317 g/mol. The van der Waals surface area contributed by atoms with Crippen LogP contribution in [0.5, 0.6) is 0 Å². The fourth-order valence-corrected chi connectivity index (χ4v) is 3.40. The Hall–Kier alpha value is -0.620. The van der Waals surface area contributed by atoms with Crippen molar-refractivity contribution in [3.05, 3.63) is 29.8 Å². The number of ether oxygens (including phenoxy) is 1. The molecule has 2 atom stereocenters. The van der Waals surface area contributed by atoms with Crippen LogP contribution >= 0.6 is 22.6 Å². The summed E-state index contributed by atoms with van der Waals surface area (Å²) in [5, 5.41) is 0. The van der Waals surface area contributed by atoms with E-state index in [9.17, 15) is 4.79 Å².